The first kappa shape index (κ1) is 20.6. The van der Waals surface area contributed by atoms with Gasteiger partial charge in [-0.3, -0.25) is 4.79 Å². The van der Waals surface area contributed by atoms with E-state index in [4.69, 9.17) is 14.2 Å². The van der Waals surface area contributed by atoms with Crippen molar-refractivity contribution in [2.75, 3.05) is 26.6 Å². The highest BCUT2D eigenvalue weighted by molar-refractivity contribution is 5.79. The van der Waals surface area contributed by atoms with Gasteiger partial charge >= 0.3 is 0 Å². The molecule has 0 unspecified atom stereocenters. The molecule has 0 bridgehead atoms. The van der Waals surface area contributed by atoms with Crippen LogP contribution in [-0.4, -0.2) is 32.5 Å². The quantitative estimate of drug-likeness (QED) is 0.627. The normalized spacial score (nSPS) is 16.5. The second kappa shape index (κ2) is 9.05. The molecule has 3 aromatic rings. The van der Waals surface area contributed by atoms with E-state index in [0.29, 0.717) is 26.2 Å². The third-order valence-corrected chi connectivity index (χ3v) is 6.48. The number of hydrogen-bond donors (Lipinski definition) is 1. The lowest BCUT2D eigenvalue weighted by Gasteiger charge is -2.38. The minimum atomic E-state index is -0.161. The lowest BCUT2D eigenvalue weighted by molar-refractivity contribution is -0.120. The fraction of sp³-hybridized carbons (Fsp3) is 0.296. The number of fused-ring (bicyclic) bond motifs is 1. The lowest BCUT2D eigenvalue weighted by Crippen LogP contribution is -2.45. The Morgan fingerprint density at radius 1 is 0.844 bits per heavy atom. The molecular weight excluding hydrogens is 402 g/mol. The van der Waals surface area contributed by atoms with E-state index in [1.165, 1.54) is 5.56 Å². The molecule has 5 heteroatoms. The van der Waals surface area contributed by atoms with E-state index in [0.717, 1.165) is 41.0 Å². The zero-order chi connectivity index (χ0) is 21.8. The van der Waals surface area contributed by atoms with Crippen LogP contribution in [0.5, 0.6) is 11.5 Å². The Bertz CT molecular complexity index is 1070. The average Bonchev–Trinajstić information content (AvgIpc) is 3.33. The monoisotopic (exact) mass is 429 g/mol. The summed E-state index contributed by atoms with van der Waals surface area (Å²) in [7, 11) is 0. The molecule has 164 valence electrons. The van der Waals surface area contributed by atoms with Gasteiger partial charge < -0.3 is 19.5 Å². The maximum absolute atomic E-state index is 12.8. The second-order valence-electron chi connectivity index (χ2n) is 8.48. The molecule has 3 aromatic carbocycles. The van der Waals surface area contributed by atoms with E-state index in [-0.39, 0.29) is 18.1 Å². The first-order chi connectivity index (χ1) is 15.7. The zero-order valence-corrected chi connectivity index (χ0v) is 18.0. The Morgan fingerprint density at radius 2 is 1.56 bits per heavy atom. The van der Waals surface area contributed by atoms with Crippen LogP contribution in [0.2, 0.25) is 0 Å². The van der Waals surface area contributed by atoms with Crippen LogP contribution in [0.1, 0.15) is 24.0 Å². The molecule has 0 aliphatic carbocycles. The fourth-order valence-corrected chi connectivity index (χ4v) is 4.52. The standard InChI is InChI=1S/C27H27NO4/c29-26(16-20-6-8-22(9-7-20)21-4-2-1-3-5-21)28-18-27(12-14-30-15-13-27)23-10-11-24-25(17-23)32-19-31-24/h1-11,17H,12-16,18-19H2,(H,28,29). The van der Waals surface area contributed by atoms with Gasteiger partial charge in [0.2, 0.25) is 12.7 Å². The number of ether oxygens (including phenoxy) is 3. The molecule has 2 aliphatic rings. The van der Waals surface area contributed by atoms with Crippen LogP contribution in [0.3, 0.4) is 0 Å². The Kier molecular flexibility index (Phi) is 5.82. The second-order valence-corrected chi connectivity index (χ2v) is 8.48. The zero-order valence-electron chi connectivity index (χ0n) is 18.0. The highest BCUT2D eigenvalue weighted by atomic mass is 16.7. The maximum Gasteiger partial charge on any atom is 0.231 e. The van der Waals surface area contributed by atoms with E-state index in [1.807, 2.05) is 36.4 Å². The fourth-order valence-electron chi connectivity index (χ4n) is 4.52. The van der Waals surface area contributed by atoms with Crippen molar-refractivity contribution in [3.05, 3.63) is 83.9 Å². The van der Waals surface area contributed by atoms with Crippen LogP contribution in [0.25, 0.3) is 11.1 Å². The van der Waals surface area contributed by atoms with Crippen LogP contribution in [0, 0.1) is 0 Å². The maximum atomic E-state index is 12.8. The molecule has 1 N–H and O–H groups in total. The summed E-state index contributed by atoms with van der Waals surface area (Å²) in [5.41, 5.74) is 4.34. The number of nitrogens with one attached hydrogen (secondary N) is 1. The van der Waals surface area contributed by atoms with Crippen LogP contribution in [0.4, 0.5) is 0 Å². The number of hydrogen-bond acceptors (Lipinski definition) is 4. The molecular formula is C27H27NO4. The Balaban J connectivity index is 1.25. The molecule has 5 nitrogen and oxygen atoms in total. The molecule has 1 fully saturated rings. The van der Waals surface area contributed by atoms with Crippen LogP contribution in [0.15, 0.2) is 72.8 Å². The van der Waals surface area contributed by atoms with Gasteiger partial charge in [0.15, 0.2) is 11.5 Å². The van der Waals surface area contributed by atoms with Crippen molar-refractivity contribution in [3.8, 4) is 22.6 Å². The largest absolute Gasteiger partial charge is 0.454 e. The van der Waals surface area contributed by atoms with Crippen molar-refractivity contribution in [1.82, 2.24) is 5.32 Å². The summed E-state index contributed by atoms with van der Waals surface area (Å²) in [6.07, 6.45) is 2.08. The number of benzene rings is 3. The van der Waals surface area contributed by atoms with Crippen molar-refractivity contribution in [3.63, 3.8) is 0 Å². The number of carbonyl (C=O) groups excluding carboxylic acids is 1. The van der Waals surface area contributed by atoms with E-state index >= 15 is 0 Å². The molecule has 32 heavy (non-hydrogen) atoms. The lowest BCUT2D eigenvalue weighted by atomic mass is 9.74. The van der Waals surface area contributed by atoms with Gasteiger partial charge in [-0.15, -0.1) is 0 Å². The van der Waals surface area contributed by atoms with Crippen molar-refractivity contribution in [1.29, 1.82) is 0 Å². The topological polar surface area (TPSA) is 56.8 Å². The Labute approximate surface area is 188 Å². The van der Waals surface area contributed by atoms with Crippen molar-refractivity contribution in [2.45, 2.75) is 24.7 Å². The molecule has 2 aliphatic heterocycles. The molecule has 1 saturated heterocycles. The van der Waals surface area contributed by atoms with Gasteiger partial charge in [0.25, 0.3) is 0 Å². The average molecular weight is 430 g/mol. The smallest absolute Gasteiger partial charge is 0.231 e. The first-order valence-corrected chi connectivity index (χ1v) is 11.1. The van der Waals surface area contributed by atoms with E-state index in [2.05, 4.69) is 41.7 Å². The van der Waals surface area contributed by atoms with E-state index in [9.17, 15) is 4.79 Å². The van der Waals surface area contributed by atoms with Crippen LogP contribution in [-0.2, 0) is 21.4 Å². The summed E-state index contributed by atoms with van der Waals surface area (Å²) in [5, 5.41) is 3.19. The van der Waals surface area contributed by atoms with Crippen molar-refractivity contribution in [2.24, 2.45) is 0 Å². The predicted molar refractivity (Wildman–Crippen MR) is 123 cm³/mol. The van der Waals surface area contributed by atoms with Gasteiger partial charge in [0, 0.05) is 25.2 Å². The molecule has 0 atom stereocenters. The van der Waals surface area contributed by atoms with Gasteiger partial charge in [0.1, 0.15) is 0 Å². The summed E-state index contributed by atoms with van der Waals surface area (Å²) in [6, 6.07) is 24.6. The van der Waals surface area contributed by atoms with Gasteiger partial charge in [-0.1, -0.05) is 60.7 Å². The third-order valence-electron chi connectivity index (χ3n) is 6.48. The molecule has 0 spiro atoms. The van der Waals surface area contributed by atoms with Gasteiger partial charge in [-0.2, -0.15) is 0 Å². The summed E-state index contributed by atoms with van der Waals surface area (Å²) >= 11 is 0. The SMILES string of the molecule is O=C(Cc1ccc(-c2ccccc2)cc1)NCC1(c2ccc3c(c2)OCO3)CCOCC1. The molecule has 5 rings (SSSR count). The Hall–Kier alpha value is -3.31. The molecule has 1 amide bonds. The summed E-state index contributed by atoms with van der Waals surface area (Å²) < 4.78 is 16.7. The van der Waals surface area contributed by atoms with Gasteiger partial charge in [-0.25, -0.2) is 0 Å². The summed E-state index contributed by atoms with van der Waals surface area (Å²) in [6.45, 7) is 2.21. The molecule has 0 saturated carbocycles. The van der Waals surface area contributed by atoms with Gasteiger partial charge in [0.05, 0.1) is 6.42 Å². The van der Waals surface area contributed by atoms with E-state index in [1.54, 1.807) is 0 Å². The molecule has 0 radical (unpaired) electrons. The van der Waals surface area contributed by atoms with Gasteiger partial charge in [-0.05, 0) is 47.2 Å². The molecule has 0 aromatic heterocycles. The number of amides is 1. The minimum absolute atomic E-state index is 0.0315. The predicted octanol–water partition coefficient (Wildman–Crippen LogP) is 4.49. The van der Waals surface area contributed by atoms with Crippen molar-refractivity contribution < 1.29 is 19.0 Å². The minimum Gasteiger partial charge on any atom is -0.454 e. The van der Waals surface area contributed by atoms with Crippen molar-refractivity contribution >= 4 is 5.91 Å². The van der Waals surface area contributed by atoms with E-state index < -0.39 is 0 Å². The first-order valence-electron chi connectivity index (χ1n) is 11.1. The highest BCUT2D eigenvalue weighted by Crippen LogP contribution is 2.40. The van der Waals surface area contributed by atoms with Crippen LogP contribution >= 0.6 is 0 Å². The number of carbonyl (C=O) groups is 1. The summed E-state index contributed by atoms with van der Waals surface area (Å²) in [5.74, 6) is 1.58. The third kappa shape index (κ3) is 4.34. The Morgan fingerprint density at radius 3 is 2.34 bits per heavy atom. The highest BCUT2D eigenvalue weighted by Gasteiger charge is 2.36. The van der Waals surface area contributed by atoms with Crippen LogP contribution < -0.4 is 14.8 Å². The molecule has 2 heterocycles. The number of rotatable bonds is 6. The summed E-state index contributed by atoms with van der Waals surface area (Å²) in [4.78, 5) is 12.8.